The third-order valence-corrected chi connectivity index (χ3v) is 8.48. The van der Waals surface area contributed by atoms with Gasteiger partial charge in [0, 0.05) is 37.1 Å². The molecule has 1 saturated carbocycles. The first-order valence-corrected chi connectivity index (χ1v) is 12.8. The molecule has 170 valence electrons. The van der Waals surface area contributed by atoms with Crippen molar-refractivity contribution in [3.8, 4) is 0 Å². The summed E-state index contributed by atoms with van der Waals surface area (Å²) in [7, 11) is -3.27. The molecule has 3 rings (SSSR count). The molecule has 6 nitrogen and oxygen atoms in total. The summed E-state index contributed by atoms with van der Waals surface area (Å²) in [4.78, 5) is 2.39. The minimum absolute atomic E-state index is 0.0723. The summed E-state index contributed by atoms with van der Waals surface area (Å²) in [6.07, 6.45) is 4.43. The SMILES string of the molecule is CC1CN(c2ccc(NCC3CCC(NS(=O)(=O)C(C)(C)C)CC3)cc2)CC(C)O1. The summed E-state index contributed by atoms with van der Waals surface area (Å²) in [5.74, 6) is 0.584. The minimum Gasteiger partial charge on any atom is -0.385 e. The summed E-state index contributed by atoms with van der Waals surface area (Å²) in [5.41, 5.74) is 2.39. The fourth-order valence-corrected chi connectivity index (χ4v) is 5.35. The standard InChI is InChI=1S/C23H39N3O3S/c1-17-15-26(16-18(2)29-17)22-12-10-20(11-13-22)24-14-19-6-8-21(9-7-19)25-30(27,28)23(3,4)5/h10-13,17-19,21,24-25H,6-9,14-16H2,1-5H3. The van der Waals surface area contributed by atoms with Gasteiger partial charge in [0.1, 0.15) is 0 Å². The van der Waals surface area contributed by atoms with Crippen LogP contribution < -0.4 is 14.9 Å². The normalized spacial score (nSPS) is 28.4. The number of hydrogen-bond donors (Lipinski definition) is 2. The van der Waals surface area contributed by atoms with Crippen molar-refractivity contribution in [2.75, 3.05) is 29.9 Å². The number of benzene rings is 1. The molecule has 0 amide bonds. The van der Waals surface area contributed by atoms with Gasteiger partial charge in [0.2, 0.25) is 10.0 Å². The van der Waals surface area contributed by atoms with Crippen LogP contribution in [0.2, 0.25) is 0 Å². The molecule has 1 aromatic carbocycles. The van der Waals surface area contributed by atoms with Crippen molar-refractivity contribution >= 4 is 21.4 Å². The van der Waals surface area contributed by atoms with Crippen molar-refractivity contribution < 1.29 is 13.2 Å². The molecule has 1 saturated heterocycles. The zero-order valence-corrected chi connectivity index (χ0v) is 20.0. The van der Waals surface area contributed by atoms with Crippen LogP contribution in [0.4, 0.5) is 11.4 Å². The summed E-state index contributed by atoms with van der Waals surface area (Å²) >= 11 is 0. The van der Waals surface area contributed by atoms with E-state index in [0.717, 1.165) is 51.0 Å². The number of morpholine rings is 1. The molecule has 1 aromatic rings. The number of sulfonamides is 1. The van der Waals surface area contributed by atoms with Gasteiger partial charge in [-0.3, -0.25) is 0 Å². The van der Waals surface area contributed by atoms with Gasteiger partial charge < -0.3 is 15.0 Å². The van der Waals surface area contributed by atoms with E-state index < -0.39 is 14.8 Å². The van der Waals surface area contributed by atoms with Gasteiger partial charge in [-0.1, -0.05) is 0 Å². The molecule has 0 spiro atoms. The van der Waals surface area contributed by atoms with Gasteiger partial charge in [0.25, 0.3) is 0 Å². The predicted octanol–water partition coefficient (Wildman–Crippen LogP) is 3.99. The van der Waals surface area contributed by atoms with Gasteiger partial charge >= 0.3 is 0 Å². The van der Waals surface area contributed by atoms with E-state index in [1.54, 1.807) is 20.8 Å². The Balaban J connectivity index is 1.44. The first-order chi connectivity index (χ1) is 14.0. The average molecular weight is 438 g/mol. The number of anilines is 2. The van der Waals surface area contributed by atoms with Crippen molar-refractivity contribution in [3.05, 3.63) is 24.3 Å². The first-order valence-electron chi connectivity index (χ1n) is 11.3. The van der Waals surface area contributed by atoms with E-state index in [1.807, 2.05) is 0 Å². The van der Waals surface area contributed by atoms with E-state index in [2.05, 4.69) is 53.1 Å². The van der Waals surface area contributed by atoms with Crippen LogP contribution in [-0.4, -0.2) is 51.0 Å². The molecule has 2 fully saturated rings. The zero-order chi connectivity index (χ0) is 21.9. The molecule has 2 aliphatic rings. The largest absolute Gasteiger partial charge is 0.385 e. The molecular formula is C23H39N3O3S. The van der Waals surface area contributed by atoms with Crippen LogP contribution in [0.3, 0.4) is 0 Å². The average Bonchev–Trinajstić information content (AvgIpc) is 2.66. The lowest BCUT2D eigenvalue weighted by molar-refractivity contribution is -0.00521. The molecule has 0 bridgehead atoms. The summed E-state index contributed by atoms with van der Waals surface area (Å²) < 4.78 is 32.7. The van der Waals surface area contributed by atoms with Gasteiger partial charge in [0.05, 0.1) is 17.0 Å². The van der Waals surface area contributed by atoms with E-state index in [1.165, 1.54) is 5.69 Å². The Morgan fingerprint density at radius 3 is 2.10 bits per heavy atom. The highest BCUT2D eigenvalue weighted by Crippen LogP contribution is 2.27. The van der Waals surface area contributed by atoms with Crippen molar-refractivity contribution in [2.45, 2.75) is 83.3 Å². The van der Waals surface area contributed by atoms with Gasteiger partial charge in [0.15, 0.2) is 0 Å². The Bertz CT molecular complexity index is 771. The summed E-state index contributed by atoms with van der Waals surface area (Å²) in [5, 5.41) is 3.57. The highest BCUT2D eigenvalue weighted by atomic mass is 32.2. The van der Waals surface area contributed by atoms with Gasteiger partial charge in [-0.05, 0) is 90.5 Å². The third-order valence-electron chi connectivity index (χ3n) is 6.22. The summed E-state index contributed by atoms with van der Waals surface area (Å²) in [6.45, 7) is 12.3. The fraction of sp³-hybridized carbons (Fsp3) is 0.739. The number of hydrogen-bond acceptors (Lipinski definition) is 5. The second kappa shape index (κ2) is 9.45. The molecule has 2 N–H and O–H groups in total. The maximum absolute atomic E-state index is 12.4. The monoisotopic (exact) mass is 437 g/mol. The quantitative estimate of drug-likeness (QED) is 0.704. The molecule has 2 unspecified atom stereocenters. The van der Waals surface area contributed by atoms with E-state index in [0.29, 0.717) is 5.92 Å². The maximum atomic E-state index is 12.4. The lowest BCUT2D eigenvalue weighted by Crippen LogP contribution is -2.46. The molecule has 2 atom stereocenters. The molecule has 30 heavy (non-hydrogen) atoms. The Labute approximate surface area is 182 Å². The minimum atomic E-state index is -3.27. The zero-order valence-electron chi connectivity index (χ0n) is 19.1. The van der Waals surface area contributed by atoms with Crippen LogP contribution in [0, 0.1) is 5.92 Å². The van der Waals surface area contributed by atoms with Crippen LogP contribution in [0.15, 0.2) is 24.3 Å². The smallest absolute Gasteiger partial charge is 0.216 e. The van der Waals surface area contributed by atoms with Crippen LogP contribution in [0.25, 0.3) is 0 Å². The van der Waals surface area contributed by atoms with Gasteiger partial charge in [-0.15, -0.1) is 0 Å². The molecule has 0 radical (unpaired) electrons. The molecule has 1 aliphatic heterocycles. The Morgan fingerprint density at radius 1 is 1.00 bits per heavy atom. The lowest BCUT2D eigenvalue weighted by atomic mass is 9.86. The van der Waals surface area contributed by atoms with Crippen molar-refractivity contribution in [1.82, 2.24) is 4.72 Å². The van der Waals surface area contributed by atoms with Gasteiger partial charge in [-0.25, -0.2) is 13.1 Å². The van der Waals surface area contributed by atoms with Crippen LogP contribution in [0.5, 0.6) is 0 Å². The molecule has 1 heterocycles. The van der Waals surface area contributed by atoms with Crippen molar-refractivity contribution in [2.24, 2.45) is 5.92 Å². The predicted molar refractivity (Wildman–Crippen MR) is 125 cm³/mol. The number of rotatable bonds is 6. The highest BCUT2D eigenvalue weighted by molar-refractivity contribution is 7.90. The van der Waals surface area contributed by atoms with E-state index in [-0.39, 0.29) is 18.2 Å². The third kappa shape index (κ3) is 6.11. The molecule has 0 aromatic heterocycles. The molecular weight excluding hydrogens is 398 g/mol. The second-order valence-corrected chi connectivity index (χ2v) is 12.5. The van der Waals surface area contributed by atoms with E-state index >= 15 is 0 Å². The first kappa shape index (κ1) is 23.4. The number of nitrogens with zero attached hydrogens (tertiary/aromatic N) is 1. The lowest BCUT2D eigenvalue weighted by Gasteiger charge is -2.37. The second-order valence-electron chi connectivity index (χ2n) is 10.0. The van der Waals surface area contributed by atoms with Gasteiger partial charge in [-0.2, -0.15) is 0 Å². The molecule has 7 heteroatoms. The maximum Gasteiger partial charge on any atom is 0.216 e. The van der Waals surface area contributed by atoms with Crippen molar-refractivity contribution in [3.63, 3.8) is 0 Å². The Hall–Kier alpha value is -1.31. The fourth-order valence-electron chi connectivity index (χ4n) is 4.32. The molecule has 1 aliphatic carbocycles. The number of nitrogens with one attached hydrogen (secondary N) is 2. The van der Waals surface area contributed by atoms with E-state index in [4.69, 9.17) is 4.74 Å². The summed E-state index contributed by atoms with van der Waals surface area (Å²) in [6, 6.07) is 8.76. The van der Waals surface area contributed by atoms with E-state index in [9.17, 15) is 8.42 Å². The Kier molecular flexibility index (Phi) is 7.36. The van der Waals surface area contributed by atoms with Crippen LogP contribution in [-0.2, 0) is 14.8 Å². The van der Waals surface area contributed by atoms with Crippen LogP contribution in [0.1, 0.15) is 60.3 Å². The Morgan fingerprint density at radius 2 is 1.57 bits per heavy atom. The highest BCUT2D eigenvalue weighted by Gasteiger charge is 2.32. The van der Waals surface area contributed by atoms with Crippen LogP contribution >= 0.6 is 0 Å². The number of ether oxygens (including phenoxy) is 1. The topological polar surface area (TPSA) is 70.7 Å². The van der Waals surface area contributed by atoms with Crippen molar-refractivity contribution in [1.29, 1.82) is 0 Å².